The van der Waals surface area contributed by atoms with E-state index in [-0.39, 0.29) is 24.5 Å². The van der Waals surface area contributed by atoms with Gasteiger partial charge in [0, 0.05) is 25.9 Å². The molecule has 1 amide bonds. The van der Waals surface area contributed by atoms with Crippen molar-refractivity contribution in [2.24, 2.45) is 11.3 Å². The van der Waals surface area contributed by atoms with E-state index in [9.17, 15) is 19.5 Å². The van der Waals surface area contributed by atoms with Crippen LogP contribution in [0.15, 0.2) is 0 Å². The summed E-state index contributed by atoms with van der Waals surface area (Å²) in [5, 5.41) is 9.48. The lowest BCUT2D eigenvalue weighted by atomic mass is 9.58. The van der Waals surface area contributed by atoms with Gasteiger partial charge in [0.15, 0.2) is 0 Å². The van der Waals surface area contributed by atoms with E-state index >= 15 is 0 Å². The van der Waals surface area contributed by atoms with Gasteiger partial charge >= 0.3 is 12.1 Å². The van der Waals surface area contributed by atoms with Gasteiger partial charge in [0.25, 0.3) is 0 Å². The fourth-order valence-corrected chi connectivity index (χ4v) is 3.19. The van der Waals surface area contributed by atoms with E-state index in [0.717, 1.165) is 12.8 Å². The molecule has 0 aromatic rings. The summed E-state index contributed by atoms with van der Waals surface area (Å²) < 4.78 is 5.34. The maximum Gasteiger partial charge on any atom is 0.410 e. The van der Waals surface area contributed by atoms with Crippen LogP contribution in [0.2, 0.25) is 0 Å². The van der Waals surface area contributed by atoms with Gasteiger partial charge in [-0.15, -0.1) is 0 Å². The van der Waals surface area contributed by atoms with Gasteiger partial charge in [-0.2, -0.15) is 0 Å². The van der Waals surface area contributed by atoms with Crippen LogP contribution < -0.4 is 0 Å². The van der Waals surface area contributed by atoms with Gasteiger partial charge in [0.1, 0.15) is 11.4 Å². The SMILES string of the molecule is CC(C)(C)OC(=O)N1CCCC(C2(C(=O)O)CC(=O)C2)C1. The molecule has 0 bridgehead atoms. The van der Waals surface area contributed by atoms with Crippen LogP contribution in [0.25, 0.3) is 0 Å². The maximum absolute atomic E-state index is 12.1. The minimum absolute atomic E-state index is 0.00760. The largest absolute Gasteiger partial charge is 0.481 e. The van der Waals surface area contributed by atoms with Gasteiger partial charge < -0.3 is 14.7 Å². The van der Waals surface area contributed by atoms with Crippen molar-refractivity contribution in [3.8, 4) is 0 Å². The Hall–Kier alpha value is -1.59. The molecule has 1 aliphatic carbocycles. The zero-order chi connectivity index (χ0) is 15.8. The molecule has 2 rings (SSSR count). The lowest BCUT2D eigenvalue weighted by molar-refractivity contribution is -0.168. The predicted octanol–water partition coefficient (Wildman–Crippen LogP) is 2.07. The average molecular weight is 297 g/mol. The normalized spacial score (nSPS) is 25.2. The predicted molar refractivity (Wildman–Crippen MR) is 74.8 cm³/mol. The fourth-order valence-electron chi connectivity index (χ4n) is 3.19. The summed E-state index contributed by atoms with van der Waals surface area (Å²) in [6, 6.07) is 0. The number of carbonyl (C=O) groups excluding carboxylic acids is 2. The van der Waals surface area contributed by atoms with Gasteiger partial charge in [-0.25, -0.2) is 4.79 Å². The molecule has 1 saturated carbocycles. The molecule has 0 spiro atoms. The fraction of sp³-hybridized carbons (Fsp3) is 0.800. The number of ketones is 1. The minimum Gasteiger partial charge on any atom is -0.481 e. The molecule has 0 aromatic carbocycles. The molecule has 2 fully saturated rings. The summed E-state index contributed by atoms with van der Waals surface area (Å²) in [4.78, 5) is 36.6. The first-order valence-electron chi connectivity index (χ1n) is 7.37. The summed E-state index contributed by atoms with van der Waals surface area (Å²) in [7, 11) is 0. The lowest BCUT2D eigenvalue weighted by Crippen LogP contribution is -2.55. The van der Waals surface area contributed by atoms with Crippen LogP contribution in [0.5, 0.6) is 0 Å². The molecular weight excluding hydrogens is 274 g/mol. The summed E-state index contributed by atoms with van der Waals surface area (Å²) >= 11 is 0. The number of hydrogen-bond acceptors (Lipinski definition) is 4. The molecule has 21 heavy (non-hydrogen) atoms. The zero-order valence-electron chi connectivity index (χ0n) is 12.8. The molecule has 2 aliphatic rings. The highest BCUT2D eigenvalue weighted by atomic mass is 16.6. The van der Waals surface area contributed by atoms with Crippen molar-refractivity contribution in [2.45, 2.75) is 52.1 Å². The Kier molecular flexibility index (Phi) is 4.00. The zero-order valence-corrected chi connectivity index (χ0v) is 12.8. The van der Waals surface area contributed by atoms with E-state index in [0.29, 0.717) is 13.1 Å². The van der Waals surface area contributed by atoms with Gasteiger partial charge in [-0.3, -0.25) is 9.59 Å². The van der Waals surface area contributed by atoms with Crippen molar-refractivity contribution in [1.29, 1.82) is 0 Å². The van der Waals surface area contributed by atoms with Crippen LogP contribution in [0.3, 0.4) is 0 Å². The molecule has 1 saturated heterocycles. The Bertz CT molecular complexity index is 457. The highest BCUT2D eigenvalue weighted by Crippen LogP contribution is 2.48. The van der Waals surface area contributed by atoms with Crippen molar-refractivity contribution in [1.82, 2.24) is 4.90 Å². The van der Waals surface area contributed by atoms with Crippen molar-refractivity contribution >= 4 is 17.8 Å². The number of amides is 1. The molecule has 1 unspecified atom stereocenters. The number of aliphatic carboxylic acids is 1. The first kappa shape index (κ1) is 15.8. The second kappa shape index (κ2) is 5.31. The number of nitrogens with zero attached hydrogens (tertiary/aromatic N) is 1. The van der Waals surface area contributed by atoms with E-state index in [1.54, 1.807) is 25.7 Å². The molecule has 118 valence electrons. The minimum atomic E-state index is -0.974. The Balaban J connectivity index is 2.05. The number of rotatable bonds is 2. The average Bonchev–Trinajstić information content (AvgIpc) is 2.32. The number of piperidine rings is 1. The molecule has 6 nitrogen and oxygen atoms in total. The topological polar surface area (TPSA) is 83.9 Å². The number of ether oxygens (including phenoxy) is 1. The molecule has 1 N–H and O–H groups in total. The van der Waals surface area contributed by atoms with E-state index in [2.05, 4.69) is 0 Å². The van der Waals surface area contributed by atoms with Crippen LogP contribution >= 0.6 is 0 Å². The second-order valence-electron chi connectivity index (χ2n) is 7.12. The Morgan fingerprint density at radius 1 is 1.33 bits per heavy atom. The van der Waals surface area contributed by atoms with Crippen LogP contribution in [-0.2, 0) is 14.3 Å². The summed E-state index contributed by atoms with van der Waals surface area (Å²) in [5.74, 6) is -1.10. The third-order valence-electron chi connectivity index (χ3n) is 4.31. The van der Waals surface area contributed by atoms with Gasteiger partial charge in [-0.05, 0) is 39.5 Å². The standard InChI is InChI=1S/C15H23NO5/c1-14(2,3)21-13(20)16-6-4-5-10(9-16)15(12(18)19)7-11(17)8-15/h10H,4-9H2,1-3H3,(H,18,19). The molecule has 1 heterocycles. The number of hydrogen-bond donors (Lipinski definition) is 1. The quantitative estimate of drug-likeness (QED) is 0.843. The second-order valence-corrected chi connectivity index (χ2v) is 7.12. The number of Topliss-reactive ketones (excluding diaryl/α,β-unsaturated/α-hetero) is 1. The third-order valence-corrected chi connectivity index (χ3v) is 4.31. The Morgan fingerprint density at radius 2 is 1.95 bits per heavy atom. The van der Waals surface area contributed by atoms with Crippen LogP contribution in [-0.4, -0.2) is 46.5 Å². The number of likely N-dealkylation sites (tertiary alicyclic amines) is 1. The van der Waals surface area contributed by atoms with Crippen molar-refractivity contribution in [3.63, 3.8) is 0 Å². The molecule has 0 aromatic heterocycles. The number of carboxylic acid groups (broad SMARTS) is 1. The highest BCUT2D eigenvalue weighted by Gasteiger charge is 2.56. The van der Waals surface area contributed by atoms with E-state index in [4.69, 9.17) is 4.74 Å². The maximum atomic E-state index is 12.1. The van der Waals surface area contributed by atoms with E-state index in [1.807, 2.05) is 0 Å². The Morgan fingerprint density at radius 3 is 2.43 bits per heavy atom. The molecule has 0 radical (unpaired) electrons. The molecular formula is C15H23NO5. The van der Waals surface area contributed by atoms with Crippen molar-refractivity contribution < 1.29 is 24.2 Å². The van der Waals surface area contributed by atoms with Gasteiger partial charge in [0.05, 0.1) is 5.41 Å². The van der Waals surface area contributed by atoms with Gasteiger partial charge in [0.2, 0.25) is 0 Å². The van der Waals surface area contributed by atoms with Crippen molar-refractivity contribution in [3.05, 3.63) is 0 Å². The smallest absolute Gasteiger partial charge is 0.410 e. The molecule has 1 aliphatic heterocycles. The molecule has 6 heteroatoms. The summed E-state index contributed by atoms with van der Waals surface area (Å²) in [5.41, 5.74) is -1.54. The third kappa shape index (κ3) is 3.19. The van der Waals surface area contributed by atoms with Crippen LogP contribution in [0.1, 0.15) is 46.5 Å². The van der Waals surface area contributed by atoms with E-state index < -0.39 is 23.1 Å². The lowest BCUT2D eigenvalue weighted by Gasteiger charge is -2.46. The monoisotopic (exact) mass is 297 g/mol. The van der Waals surface area contributed by atoms with Crippen LogP contribution in [0, 0.1) is 11.3 Å². The first-order chi connectivity index (χ1) is 9.64. The van der Waals surface area contributed by atoms with Crippen molar-refractivity contribution in [2.75, 3.05) is 13.1 Å². The molecule has 1 atom stereocenters. The first-order valence-corrected chi connectivity index (χ1v) is 7.37. The van der Waals surface area contributed by atoms with Gasteiger partial charge in [-0.1, -0.05) is 0 Å². The number of carbonyl (C=O) groups is 3. The van der Waals surface area contributed by atoms with Crippen LogP contribution in [0.4, 0.5) is 4.79 Å². The summed E-state index contributed by atoms with van der Waals surface area (Å²) in [6.07, 6.45) is 1.26. The highest BCUT2D eigenvalue weighted by molar-refractivity contribution is 5.97. The Labute approximate surface area is 124 Å². The summed E-state index contributed by atoms with van der Waals surface area (Å²) in [6.45, 7) is 6.34. The number of carboxylic acids is 1. The van der Waals surface area contributed by atoms with E-state index in [1.165, 1.54) is 0 Å².